The highest BCUT2D eigenvalue weighted by atomic mass is 16.6. The maximum Gasteiger partial charge on any atom is 0.273 e. The summed E-state index contributed by atoms with van der Waals surface area (Å²) >= 11 is 0. The zero-order valence-electron chi connectivity index (χ0n) is 14.6. The standard InChI is InChI=1S/C18H14N4O6/c1-27-18-10-14(22(25)26)6-8-16(18)17-9-7-15(28-17)11-19-20-12-2-4-13(5-3-12)21(23)24/h2-11,20H,1H3/b19-11+. The molecule has 0 aliphatic carbocycles. The summed E-state index contributed by atoms with van der Waals surface area (Å²) in [6.45, 7) is 0. The quantitative estimate of drug-likeness (QED) is 0.367. The lowest BCUT2D eigenvalue weighted by molar-refractivity contribution is -0.385. The molecule has 0 aliphatic heterocycles. The monoisotopic (exact) mass is 382 g/mol. The summed E-state index contributed by atoms with van der Waals surface area (Å²) in [4.78, 5) is 20.5. The van der Waals surface area contributed by atoms with Crippen molar-refractivity contribution in [2.75, 3.05) is 12.5 Å². The highest BCUT2D eigenvalue weighted by Gasteiger charge is 2.15. The summed E-state index contributed by atoms with van der Waals surface area (Å²) in [5.74, 6) is 1.21. The molecule has 1 aromatic heterocycles. The van der Waals surface area contributed by atoms with Gasteiger partial charge in [0, 0.05) is 18.2 Å². The highest BCUT2D eigenvalue weighted by molar-refractivity contribution is 5.79. The van der Waals surface area contributed by atoms with Crippen LogP contribution in [0.25, 0.3) is 11.3 Å². The van der Waals surface area contributed by atoms with Crippen LogP contribution in [-0.4, -0.2) is 23.2 Å². The lowest BCUT2D eigenvalue weighted by Gasteiger charge is -2.05. The fraction of sp³-hybridized carbons (Fsp3) is 0.0556. The molecule has 0 atom stereocenters. The molecule has 2 aromatic carbocycles. The number of furan rings is 1. The van der Waals surface area contributed by atoms with Gasteiger partial charge in [-0.2, -0.15) is 5.10 Å². The first-order chi connectivity index (χ1) is 13.5. The number of methoxy groups -OCH3 is 1. The number of non-ortho nitro benzene ring substituents is 2. The molecule has 3 rings (SSSR count). The van der Waals surface area contributed by atoms with Crippen LogP contribution >= 0.6 is 0 Å². The van der Waals surface area contributed by atoms with E-state index in [1.165, 1.54) is 49.7 Å². The van der Waals surface area contributed by atoms with Crippen molar-refractivity contribution in [1.29, 1.82) is 0 Å². The SMILES string of the molecule is COc1cc([N+](=O)[O-])ccc1-c1ccc(/C=N/Nc2ccc([N+](=O)[O-])cc2)o1. The smallest absolute Gasteiger partial charge is 0.273 e. The van der Waals surface area contributed by atoms with Gasteiger partial charge >= 0.3 is 0 Å². The Morgan fingerprint density at radius 1 is 1.00 bits per heavy atom. The second kappa shape index (κ2) is 7.99. The Kier molecular flexibility index (Phi) is 5.30. The van der Waals surface area contributed by atoms with Crippen molar-refractivity contribution in [3.8, 4) is 17.1 Å². The van der Waals surface area contributed by atoms with Crippen molar-refractivity contribution >= 4 is 23.3 Å². The van der Waals surface area contributed by atoms with Gasteiger partial charge < -0.3 is 9.15 Å². The van der Waals surface area contributed by atoms with Crippen LogP contribution in [-0.2, 0) is 0 Å². The van der Waals surface area contributed by atoms with Crippen molar-refractivity contribution in [3.05, 3.63) is 80.6 Å². The maximum absolute atomic E-state index is 10.9. The minimum absolute atomic E-state index is 0.0118. The summed E-state index contributed by atoms with van der Waals surface area (Å²) in [5.41, 5.74) is 3.78. The first-order valence-corrected chi connectivity index (χ1v) is 7.94. The van der Waals surface area contributed by atoms with Crippen molar-refractivity contribution in [3.63, 3.8) is 0 Å². The molecule has 0 saturated carbocycles. The van der Waals surface area contributed by atoms with Gasteiger partial charge in [-0.15, -0.1) is 0 Å². The molecule has 0 unspecified atom stereocenters. The molecule has 1 heterocycles. The molecule has 10 heteroatoms. The van der Waals surface area contributed by atoms with E-state index in [1.807, 2.05) is 0 Å². The number of rotatable bonds is 7. The van der Waals surface area contributed by atoms with Crippen LogP contribution in [0.1, 0.15) is 5.76 Å². The largest absolute Gasteiger partial charge is 0.496 e. The normalized spacial score (nSPS) is 10.8. The molecule has 1 N–H and O–H groups in total. The van der Waals surface area contributed by atoms with Crippen LogP contribution in [0.4, 0.5) is 17.1 Å². The van der Waals surface area contributed by atoms with Gasteiger partial charge in [-0.25, -0.2) is 0 Å². The average Bonchev–Trinajstić information content (AvgIpc) is 3.16. The first-order valence-electron chi connectivity index (χ1n) is 7.94. The molecule has 0 saturated heterocycles. The third-order valence-electron chi connectivity index (χ3n) is 3.75. The van der Waals surface area contributed by atoms with E-state index in [0.717, 1.165) is 0 Å². The number of hydrogen-bond acceptors (Lipinski definition) is 8. The van der Waals surface area contributed by atoms with Gasteiger partial charge in [-0.3, -0.25) is 25.7 Å². The molecule has 0 amide bonds. The highest BCUT2D eigenvalue weighted by Crippen LogP contribution is 2.34. The number of nitro benzene ring substituents is 2. The molecule has 28 heavy (non-hydrogen) atoms. The molecule has 0 bridgehead atoms. The Morgan fingerprint density at radius 2 is 1.68 bits per heavy atom. The van der Waals surface area contributed by atoms with E-state index in [0.29, 0.717) is 28.5 Å². The van der Waals surface area contributed by atoms with E-state index in [9.17, 15) is 20.2 Å². The lowest BCUT2D eigenvalue weighted by Crippen LogP contribution is -1.92. The second-order valence-corrected chi connectivity index (χ2v) is 5.52. The summed E-state index contributed by atoms with van der Waals surface area (Å²) < 4.78 is 10.9. The van der Waals surface area contributed by atoms with Gasteiger partial charge in [-0.1, -0.05) is 0 Å². The van der Waals surface area contributed by atoms with Crippen LogP contribution < -0.4 is 10.2 Å². The number of hydrazone groups is 1. The third-order valence-corrected chi connectivity index (χ3v) is 3.75. The summed E-state index contributed by atoms with van der Waals surface area (Å²) in [5, 5.41) is 25.5. The van der Waals surface area contributed by atoms with E-state index in [-0.39, 0.29) is 11.4 Å². The summed E-state index contributed by atoms with van der Waals surface area (Å²) in [7, 11) is 1.42. The molecule has 3 aromatic rings. The van der Waals surface area contributed by atoms with E-state index in [2.05, 4.69) is 10.5 Å². The molecule has 0 aliphatic rings. The zero-order valence-corrected chi connectivity index (χ0v) is 14.6. The molecule has 0 spiro atoms. The van der Waals surface area contributed by atoms with E-state index < -0.39 is 9.85 Å². The Hall–Kier alpha value is -4.21. The van der Waals surface area contributed by atoms with Crippen LogP contribution in [0.15, 0.2) is 64.1 Å². The Bertz CT molecular complexity index is 1040. The number of nitrogens with one attached hydrogen (secondary N) is 1. The minimum atomic E-state index is -0.504. The number of nitrogens with zero attached hydrogens (tertiary/aromatic N) is 3. The van der Waals surface area contributed by atoms with E-state index >= 15 is 0 Å². The van der Waals surface area contributed by atoms with Crippen LogP contribution in [0.3, 0.4) is 0 Å². The van der Waals surface area contributed by atoms with Crippen molar-refractivity contribution in [2.45, 2.75) is 0 Å². The summed E-state index contributed by atoms with van der Waals surface area (Å²) in [6.07, 6.45) is 1.43. The maximum atomic E-state index is 10.9. The Labute approximate surface area is 158 Å². The van der Waals surface area contributed by atoms with Gasteiger partial charge in [0.25, 0.3) is 11.4 Å². The molecular weight excluding hydrogens is 368 g/mol. The van der Waals surface area contributed by atoms with Crippen molar-refractivity contribution in [1.82, 2.24) is 0 Å². The molecular formula is C18H14N4O6. The molecule has 0 radical (unpaired) electrons. The average molecular weight is 382 g/mol. The number of benzene rings is 2. The number of nitro groups is 2. The van der Waals surface area contributed by atoms with Gasteiger partial charge in [0.1, 0.15) is 17.3 Å². The molecule has 0 fully saturated rings. The number of hydrogen-bond donors (Lipinski definition) is 1. The molecule has 10 nitrogen and oxygen atoms in total. The van der Waals surface area contributed by atoms with Gasteiger partial charge in [-0.05, 0) is 30.3 Å². The van der Waals surface area contributed by atoms with Crippen LogP contribution in [0, 0.1) is 20.2 Å². The summed E-state index contributed by atoms with van der Waals surface area (Å²) in [6, 6.07) is 13.4. The van der Waals surface area contributed by atoms with Gasteiger partial charge in [0.05, 0.1) is 40.5 Å². The first kappa shape index (κ1) is 18.6. The number of ether oxygens (including phenoxy) is 1. The zero-order chi connectivity index (χ0) is 20.1. The predicted octanol–water partition coefficient (Wildman–Crippen LogP) is 4.22. The number of anilines is 1. The minimum Gasteiger partial charge on any atom is -0.496 e. The fourth-order valence-electron chi connectivity index (χ4n) is 2.39. The predicted molar refractivity (Wildman–Crippen MR) is 102 cm³/mol. The van der Waals surface area contributed by atoms with E-state index in [4.69, 9.17) is 9.15 Å². The topological polar surface area (TPSA) is 133 Å². The van der Waals surface area contributed by atoms with Crippen molar-refractivity contribution in [2.24, 2.45) is 5.10 Å². The fourth-order valence-corrected chi connectivity index (χ4v) is 2.39. The van der Waals surface area contributed by atoms with Crippen molar-refractivity contribution < 1.29 is 19.0 Å². The van der Waals surface area contributed by atoms with Crippen LogP contribution in [0.2, 0.25) is 0 Å². The lowest BCUT2D eigenvalue weighted by atomic mass is 10.1. The van der Waals surface area contributed by atoms with Crippen LogP contribution in [0.5, 0.6) is 5.75 Å². The van der Waals surface area contributed by atoms with Gasteiger partial charge in [0.15, 0.2) is 0 Å². The third kappa shape index (κ3) is 4.12. The second-order valence-electron chi connectivity index (χ2n) is 5.52. The Balaban J connectivity index is 1.72. The van der Waals surface area contributed by atoms with E-state index in [1.54, 1.807) is 18.2 Å². The molecule has 142 valence electrons. The van der Waals surface area contributed by atoms with Gasteiger partial charge in [0.2, 0.25) is 0 Å². The Morgan fingerprint density at radius 3 is 2.32 bits per heavy atom.